The Hall–Kier alpha value is -4.02. The molecule has 0 spiro atoms. The topological polar surface area (TPSA) is 115 Å². The summed E-state index contributed by atoms with van der Waals surface area (Å²) in [5.74, 6) is -0.369. The first kappa shape index (κ1) is 26.1. The fourth-order valence-electron chi connectivity index (χ4n) is 3.55. The normalized spacial score (nSPS) is 13.4. The number of halogens is 5. The average molecular weight is 536 g/mol. The Morgan fingerprint density at radius 1 is 1.14 bits per heavy atom. The molecule has 2 aromatic carbocycles. The van der Waals surface area contributed by atoms with Gasteiger partial charge in [0.15, 0.2) is 29.7 Å². The third kappa shape index (κ3) is 5.40. The second kappa shape index (κ2) is 10.2. The molecule has 4 aromatic rings. The number of rotatable bonds is 7. The summed E-state index contributed by atoms with van der Waals surface area (Å²) in [5, 5.41) is 27.7. The maximum absolute atomic E-state index is 14.4. The lowest BCUT2D eigenvalue weighted by Gasteiger charge is -2.15. The van der Waals surface area contributed by atoms with Crippen LogP contribution in [0.2, 0.25) is 5.02 Å². The van der Waals surface area contributed by atoms with E-state index in [1.54, 1.807) is 18.2 Å². The second-order valence-electron chi connectivity index (χ2n) is 7.98. The van der Waals surface area contributed by atoms with Crippen LogP contribution in [0, 0.1) is 11.3 Å². The molecule has 14 heteroatoms. The van der Waals surface area contributed by atoms with E-state index in [-0.39, 0.29) is 34.3 Å². The Morgan fingerprint density at radius 2 is 1.81 bits per heavy atom. The van der Waals surface area contributed by atoms with Crippen molar-refractivity contribution in [3.8, 4) is 23.1 Å². The first-order valence-corrected chi connectivity index (χ1v) is 11.1. The minimum atomic E-state index is -4.97. The molecule has 0 radical (unpaired) electrons. The van der Waals surface area contributed by atoms with Crippen LogP contribution in [-0.4, -0.2) is 46.5 Å². The van der Waals surface area contributed by atoms with Gasteiger partial charge in [-0.2, -0.15) is 18.4 Å². The number of benzene rings is 2. The molecule has 0 saturated carbocycles. The molecule has 0 fully saturated rings. The van der Waals surface area contributed by atoms with E-state index in [0.29, 0.717) is 9.59 Å². The minimum absolute atomic E-state index is 0.0713. The van der Waals surface area contributed by atoms with Crippen molar-refractivity contribution in [3.63, 3.8) is 0 Å². The van der Waals surface area contributed by atoms with Gasteiger partial charge in [0.2, 0.25) is 0 Å². The molecule has 0 bridgehead atoms. The van der Waals surface area contributed by atoms with Crippen molar-refractivity contribution in [2.75, 3.05) is 0 Å². The van der Waals surface area contributed by atoms with Gasteiger partial charge in [0.25, 0.3) is 0 Å². The summed E-state index contributed by atoms with van der Waals surface area (Å²) >= 11 is 5.89. The quantitative estimate of drug-likeness (QED) is 0.360. The molecule has 1 unspecified atom stereocenters. The van der Waals surface area contributed by atoms with E-state index in [1.165, 1.54) is 37.3 Å². The molecule has 2 atom stereocenters. The van der Waals surface area contributed by atoms with E-state index >= 15 is 0 Å². The fraction of sp³-hybridized carbons (Fsp3) is 0.261. The van der Waals surface area contributed by atoms with Crippen LogP contribution in [0.3, 0.4) is 0 Å². The van der Waals surface area contributed by atoms with Gasteiger partial charge in [-0.3, -0.25) is 4.57 Å². The summed E-state index contributed by atoms with van der Waals surface area (Å²) in [4.78, 5) is 17.2. The van der Waals surface area contributed by atoms with Crippen LogP contribution >= 0.6 is 11.6 Å². The van der Waals surface area contributed by atoms with Crippen molar-refractivity contribution in [2.45, 2.75) is 38.5 Å². The monoisotopic (exact) mass is 535 g/mol. The standard InChI is InChI=1S/C23H18ClF4N7O2/c1-13(25)20-30-19(31-35(20)17-5-3-2-4-15(17)10-29)12-34-22(37)33(11-18(36)23(26,27)28)21(32-34)14-6-8-16(24)9-7-14/h2-9,13,18,36H,11-12H2,1H3/t13?,18-/m0/s1. The predicted molar refractivity (Wildman–Crippen MR) is 124 cm³/mol. The van der Waals surface area contributed by atoms with Gasteiger partial charge < -0.3 is 5.11 Å². The van der Waals surface area contributed by atoms with E-state index in [0.717, 1.165) is 9.36 Å². The molecule has 0 aliphatic rings. The van der Waals surface area contributed by atoms with Crippen LogP contribution in [0.4, 0.5) is 17.6 Å². The Kier molecular flexibility index (Phi) is 7.15. The highest BCUT2D eigenvalue weighted by Crippen LogP contribution is 2.25. The molecule has 2 heterocycles. The summed E-state index contributed by atoms with van der Waals surface area (Å²) in [6.07, 6.45) is -9.40. The van der Waals surface area contributed by atoms with Gasteiger partial charge in [0.1, 0.15) is 12.6 Å². The SMILES string of the molecule is CC(F)c1nc(Cn2nc(-c3ccc(Cl)cc3)n(C[C@H](O)C(F)(F)F)c2=O)nn1-c1ccccc1C#N. The van der Waals surface area contributed by atoms with E-state index in [9.17, 15) is 32.7 Å². The molecular weight excluding hydrogens is 518 g/mol. The maximum Gasteiger partial charge on any atom is 0.416 e. The third-order valence-corrected chi connectivity index (χ3v) is 5.59. The number of alkyl halides is 4. The minimum Gasteiger partial charge on any atom is -0.382 e. The smallest absolute Gasteiger partial charge is 0.382 e. The van der Waals surface area contributed by atoms with Crippen LogP contribution in [0.1, 0.15) is 30.3 Å². The highest BCUT2D eigenvalue weighted by Gasteiger charge is 2.39. The van der Waals surface area contributed by atoms with Crippen LogP contribution in [0.15, 0.2) is 53.3 Å². The van der Waals surface area contributed by atoms with Crippen molar-refractivity contribution in [1.82, 2.24) is 29.1 Å². The molecule has 4 rings (SSSR count). The lowest BCUT2D eigenvalue weighted by atomic mass is 10.2. The Balaban J connectivity index is 1.79. The molecule has 0 amide bonds. The van der Waals surface area contributed by atoms with E-state index in [2.05, 4.69) is 15.2 Å². The number of aliphatic hydroxyl groups is 1. The van der Waals surface area contributed by atoms with Crippen molar-refractivity contribution in [2.24, 2.45) is 0 Å². The molecule has 9 nitrogen and oxygen atoms in total. The van der Waals surface area contributed by atoms with Crippen molar-refractivity contribution >= 4 is 11.6 Å². The van der Waals surface area contributed by atoms with Gasteiger partial charge in [-0.25, -0.2) is 23.5 Å². The Bertz CT molecular complexity index is 1520. The molecule has 1 N–H and O–H groups in total. The van der Waals surface area contributed by atoms with Crippen molar-refractivity contribution in [3.05, 3.63) is 81.3 Å². The zero-order valence-corrected chi connectivity index (χ0v) is 19.8. The van der Waals surface area contributed by atoms with Gasteiger partial charge in [-0.05, 0) is 43.3 Å². The van der Waals surface area contributed by atoms with Crippen LogP contribution < -0.4 is 5.69 Å². The molecular formula is C23H18ClF4N7O2. The number of aromatic nitrogens is 6. The second-order valence-corrected chi connectivity index (χ2v) is 8.42. The third-order valence-electron chi connectivity index (χ3n) is 5.33. The molecule has 0 saturated heterocycles. The van der Waals surface area contributed by atoms with Crippen molar-refractivity contribution < 1.29 is 22.7 Å². The lowest BCUT2D eigenvalue weighted by molar-refractivity contribution is -0.207. The number of aliphatic hydroxyl groups excluding tert-OH is 1. The van der Waals surface area contributed by atoms with Gasteiger partial charge in [-0.1, -0.05) is 23.7 Å². The van der Waals surface area contributed by atoms with Gasteiger partial charge in [-0.15, -0.1) is 10.2 Å². The number of hydrogen-bond acceptors (Lipinski definition) is 6. The van der Waals surface area contributed by atoms with Gasteiger partial charge >= 0.3 is 11.9 Å². The number of hydrogen-bond donors (Lipinski definition) is 1. The molecule has 2 aromatic heterocycles. The number of para-hydroxylation sites is 1. The van der Waals surface area contributed by atoms with E-state index in [1.807, 2.05) is 6.07 Å². The summed E-state index contributed by atoms with van der Waals surface area (Å²) in [6.45, 7) is -0.308. The van der Waals surface area contributed by atoms with Crippen molar-refractivity contribution in [1.29, 1.82) is 5.26 Å². The molecule has 37 heavy (non-hydrogen) atoms. The van der Waals surface area contributed by atoms with Gasteiger partial charge in [0.05, 0.1) is 17.8 Å². The Labute approximate surface area is 211 Å². The van der Waals surface area contributed by atoms with E-state index in [4.69, 9.17) is 11.6 Å². The first-order valence-electron chi connectivity index (χ1n) is 10.8. The first-order chi connectivity index (χ1) is 17.5. The fourth-order valence-corrected chi connectivity index (χ4v) is 3.68. The summed E-state index contributed by atoms with van der Waals surface area (Å²) in [7, 11) is 0. The summed E-state index contributed by atoms with van der Waals surface area (Å²) in [6, 6.07) is 14.1. The van der Waals surface area contributed by atoms with Gasteiger partial charge in [0, 0.05) is 10.6 Å². The molecule has 0 aliphatic heterocycles. The zero-order valence-electron chi connectivity index (χ0n) is 19.1. The largest absolute Gasteiger partial charge is 0.416 e. The van der Waals surface area contributed by atoms with Crippen LogP contribution in [-0.2, 0) is 13.1 Å². The maximum atomic E-state index is 14.4. The van der Waals surface area contributed by atoms with Crippen LogP contribution in [0.5, 0.6) is 0 Å². The van der Waals surface area contributed by atoms with Crippen LogP contribution in [0.25, 0.3) is 17.1 Å². The highest BCUT2D eigenvalue weighted by molar-refractivity contribution is 6.30. The zero-order chi connectivity index (χ0) is 26.9. The highest BCUT2D eigenvalue weighted by atomic mass is 35.5. The lowest BCUT2D eigenvalue weighted by Crippen LogP contribution is -2.37. The molecule has 0 aliphatic carbocycles. The number of nitriles is 1. The Morgan fingerprint density at radius 3 is 2.43 bits per heavy atom. The average Bonchev–Trinajstić information content (AvgIpc) is 3.41. The summed E-state index contributed by atoms with van der Waals surface area (Å²) < 4.78 is 56.2. The predicted octanol–water partition coefficient (Wildman–Crippen LogP) is 3.82. The summed E-state index contributed by atoms with van der Waals surface area (Å²) in [5.41, 5.74) is -0.240. The number of nitrogens with zero attached hydrogens (tertiary/aromatic N) is 7. The van der Waals surface area contributed by atoms with E-state index < -0.39 is 37.2 Å². The molecule has 192 valence electrons.